The first-order chi connectivity index (χ1) is 13.2. The molecule has 0 aromatic heterocycles. The zero-order chi connectivity index (χ0) is 18.4. The molecule has 2 atom stereocenters. The smallest absolute Gasteiger partial charge is 0.213 e. The van der Waals surface area contributed by atoms with Crippen molar-refractivity contribution in [3.05, 3.63) is 101 Å². The molecule has 0 saturated heterocycles. The van der Waals surface area contributed by atoms with Gasteiger partial charge in [0.05, 0.1) is 11.8 Å². The van der Waals surface area contributed by atoms with Crippen LogP contribution in [0, 0.1) is 11.6 Å². The zero-order valence-electron chi connectivity index (χ0n) is 14.3. The second-order valence-electron chi connectivity index (χ2n) is 6.71. The lowest BCUT2D eigenvalue weighted by Gasteiger charge is -2.38. The lowest BCUT2D eigenvalue weighted by Crippen LogP contribution is -2.33. The Morgan fingerprint density at radius 2 is 1.52 bits per heavy atom. The van der Waals surface area contributed by atoms with Crippen molar-refractivity contribution in [3.8, 4) is 5.75 Å². The molecule has 0 aliphatic carbocycles. The predicted molar refractivity (Wildman–Crippen MR) is 98.3 cm³/mol. The first kappa shape index (κ1) is 16.0. The van der Waals surface area contributed by atoms with E-state index in [1.807, 2.05) is 29.3 Å². The van der Waals surface area contributed by atoms with Crippen LogP contribution in [-0.2, 0) is 0 Å². The SMILES string of the molecule is Fc1ccc(C2=NN3[C@@H](c4ccc(F)cc4)Oc4ccccc4[C@@H]3C2)cc1. The molecule has 0 amide bonds. The van der Waals surface area contributed by atoms with Crippen LogP contribution >= 0.6 is 0 Å². The van der Waals surface area contributed by atoms with Crippen molar-refractivity contribution in [2.75, 3.05) is 0 Å². The van der Waals surface area contributed by atoms with Crippen molar-refractivity contribution < 1.29 is 13.5 Å². The average Bonchev–Trinajstić information content (AvgIpc) is 3.14. The van der Waals surface area contributed by atoms with E-state index in [2.05, 4.69) is 0 Å². The predicted octanol–water partition coefficient (Wildman–Crippen LogP) is 5.21. The number of hydrogen-bond acceptors (Lipinski definition) is 3. The molecule has 0 bridgehead atoms. The number of nitrogens with zero attached hydrogens (tertiary/aromatic N) is 2. The van der Waals surface area contributed by atoms with Crippen LogP contribution in [0.15, 0.2) is 77.9 Å². The second-order valence-corrected chi connectivity index (χ2v) is 6.71. The van der Waals surface area contributed by atoms with Gasteiger partial charge < -0.3 is 4.74 Å². The van der Waals surface area contributed by atoms with Gasteiger partial charge in [0.15, 0.2) is 0 Å². The standard InChI is InChI=1S/C22H16F2N2O/c23-16-9-5-14(6-10-16)19-13-20-18-3-1-2-4-21(18)27-22(26(20)25-19)15-7-11-17(24)12-8-15/h1-12,20,22H,13H2/t20-,22+/m0/s1. The second kappa shape index (κ2) is 6.20. The highest BCUT2D eigenvalue weighted by molar-refractivity contribution is 6.01. The van der Waals surface area contributed by atoms with Gasteiger partial charge in [0.2, 0.25) is 6.23 Å². The monoisotopic (exact) mass is 362 g/mol. The number of rotatable bonds is 2. The maximum absolute atomic E-state index is 13.4. The summed E-state index contributed by atoms with van der Waals surface area (Å²) in [5.41, 5.74) is 3.67. The lowest BCUT2D eigenvalue weighted by molar-refractivity contribution is -0.0190. The van der Waals surface area contributed by atoms with Crippen LogP contribution in [0.25, 0.3) is 0 Å². The molecule has 2 aliphatic rings. The third kappa shape index (κ3) is 2.76. The Hall–Kier alpha value is -3.21. The van der Waals surface area contributed by atoms with Crippen LogP contribution in [0.1, 0.15) is 35.4 Å². The summed E-state index contributed by atoms with van der Waals surface area (Å²) in [5.74, 6) is 0.250. The largest absolute Gasteiger partial charge is 0.464 e. The number of halogens is 2. The van der Waals surface area contributed by atoms with Gasteiger partial charge in [-0.3, -0.25) is 0 Å². The van der Waals surface area contributed by atoms with Crippen LogP contribution in [0.2, 0.25) is 0 Å². The molecule has 0 N–H and O–H groups in total. The molecule has 5 rings (SSSR count). The van der Waals surface area contributed by atoms with E-state index in [4.69, 9.17) is 9.84 Å². The molecule has 134 valence electrons. The van der Waals surface area contributed by atoms with Gasteiger partial charge in [0.25, 0.3) is 0 Å². The Bertz CT molecular complexity index is 1020. The molecule has 3 aromatic rings. The van der Waals surface area contributed by atoms with Crippen LogP contribution in [0.3, 0.4) is 0 Å². The number of fused-ring (bicyclic) bond motifs is 3. The minimum absolute atomic E-state index is 0.0186. The number of hydrogen-bond donors (Lipinski definition) is 0. The number of para-hydroxylation sites is 1. The molecule has 0 unspecified atom stereocenters. The Kier molecular flexibility index (Phi) is 3.67. The van der Waals surface area contributed by atoms with Crippen molar-refractivity contribution in [2.24, 2.45) is 5.10 Å². The first-order valence-corrected chi connectivity index (χ1v) is 8.82. The van der Waals surface area contributed by atoms with E-state index in [-0.39, 0.29) is 17.7 Å². The molecule has 3 aromatic carbocycles. The van der Waals surface area contributed by atoms with E-state index in [0.29, 0.717) is 6.42 Å². The fourth-order valence-corrected chi connectivity index (χ4v) is 3.70. The summed E-state index contributed by atoms with van der Waals surface area (Å²) in [7, 11) is 0. The number of ether oxygens (including phenoxy) is 1. The molecule has 3 nitrogen and oxygen atoms in total. The van der Waals surface area contributed by atoms with Gasteiger partial charge in [-0.2, -0.15) is 5.10 Å². The third-order valence-corrected chi connectivity index (χ3v) is 5.03. The Balaban J connectivity index is 1.58. The molecular formula is C22H16F2N2O. The van der Waals surface area contributed by atoms with Crippen LogP contribution in [-0.4, -0.2) is 10.7 Å². The Labute approximate surface area is 155 Å². The summed E-state index contributed by atoms with van der Waals surface area (Å²) in [4.78, 5) is 0. The Morgan fingerprint density at radius 1 is 0.852 bits per heavy atom. The molecule has 5 heteroatoms. The van der Waals surface area contributed by atoms with Gasteiger partial charge in [-0.05, 0) is 35.9 Å². The van der Waals surface area contributed by atoms with E-state index in [9.17, 15) is 8.78 Å². The molecular weight excluding hydrogens is 346 g/mol. The summed E-state index contributed by atoms with van der Waals surface area (Å²) in [6.45, 7) is 0. The summed E-state index contributed by atoms with van der Waals surface area (Å²) in [6.07, 6.45) is 0.257. The van der Waals surface area contributed by atoms with E-state index < -0.39 is 6.23 Å². The Morgan fingerprint density at radius 3 is 2.26 bits per heavy atom. The highest BCUT2D eigenvalue weighted by atomic mass is 19.1. The summed E-state index contributed by atoms with van der Waals surface area (Å²) in [5, 5.41) is 6.72. The maximum atomic E-state index is 13.4. The van der Waals surface area contributed by atoms with Gasteiger partial charge in [0.1, 0.15) is 17.4 Å². The maximum Gasteiger partial charge on any atom is 0.213 e. The zero-order valence-corrected chi connectivity index (χ0v) is 14.3. The van der Waals surface area contributed by atoms with Crippen LogP contribution in [0.4, 0.5) is 8.78 Å². The molecule has 0 fully saturated rings. The number of benzene rings is 3. The van der Waals surface area contributed by atoms with Crippen molar-refractivity contribution in [1.29, 1.82) is 0 Å². The van der Waals surface area contributed by atoms with E-state index in [1.54, 1.807) is 24.3 Å². The van der Waals surface area contributed by atoms with Crippen molar-refractivity contribution >= 4 is 5.71 Å². The minimum atomic E-state index is -0.441. The summed E-state index contributed by atoms with van der Waals surface area (Å²) >= 11 is 0. The quantitative estimate of drug-likeness (QED) is 0.625. The topological polar surface area (TPSA) is 24.8 Å². The fraction of sp³-hybridized carbons (Fsp3) is 0.136. The molecule has 27 heavy (non-hydrogen) atoms. The van der Waals surface area contributed by atoms with E-state index in [1.165, 1.54) is 24.3 Å². The van der Waals surface area contributed by atoms with Gasteiger partial charge in [0, 0.05) is 17.5 Å². The molecule has 0 spiro atoms. The molecule has 0 radical (unpaired) electrons. The van der Waals surface area contributed by atoms with Gasteiger partial charge in [-0.25, -0.2) is 13.8 Å². The fourth-order valence-electron chi connectivity index (χ4n) is 3.70. The van der Waals surface area contributed by atoms with Crippen LogP contribution < -0.4 is 4.74 Å². The van der Waals surface area contributed by atoms with Crippen molar-refractivity contribution in [2.45, 2.75) is 18.7 Å². The first-order valence-electron chi connectivity index (χ1n) is 8.82. The lowest BCUT2D eigenvalue weighted by atomic mass is 9.96. The van der Waals surface area contributed by atoms with Gasteiger partial charge >= 0.3 is 0 Å². The average molecular weight is 362 g/mol. The van der Waals surface area contributed by atoms with E-state index >= 15 is 0 Å². The highest BCUT2D eigenvalue weighted by Crippen LogP contribution is 2.47. The van der Waals surface area contributed by atoms with Crippen molar-refractivity contribution in [1.82, 2.24) is 5.01 Å². The van der Waals surface area contributed by atoms with Gasteiger partial charge in [-0.15, -0.1) is 0 Å². The minimum Gasteiger partial charge on any atom is -0.464 e. The normalized spacial score (nSPS) is 20.5. The number of hydrazone groups is 1. The summed E-state index contributed by atoms with van der Waals surface area (Å²) < 4.78 is 32.9. The molecule has 2 aliphatic heterocycles. The van der Waals surface area contributed by atoms with Gasteiger partial charge in [-0.1, -0.05) is 42.5 Å². The van der Waals surface area contributed by atoms with Crippen molar-refractivity contribution in [3.63, 3.8) is 0 Å². The van der Waals surface area contributed by atoms with Crippen LogP contribution in [0.5, 0.6) is 5.75 Å². The third-order valence-electron chi connectivity index (χ3n) is 5.03. The molecule has 2 heterocycles. The van der Waals surface area contributed by atoms with E-state index in [0.717, 1.165) is 28.2 Å². The summed E-state index contributed by atoms with van der Waals surface area (Å²) in [6, 6.07) is 20.6. The highest BCUT2D eigenvalue weighted by Gasteiger charge is 2.40. The molecule has 0 saturated carbocycles.